The van der Waals surface area contributed by atoms with Crippen molar-refractivity contribution < 1.29 is 0 Å². The highest BCUT2D eigenvalue weighted by Crippen LogP contribution is 2.56. The van der Waals surface area contributed by atoms with Crippen LogP contribution < -0.4 is 4.90 Å². The van der Waals surface area contributed by atoms with Crippen molar-refractivity contribution in [1.82, 2.24) is 19.7 Å². The molecule has 10 rings (SSSR count). The van der Waals surface area contributed by atoms with Crippen LogP contribution >= 0.6 is 11.3 Å². The zero-order chi connectivity index (χ0) is 52.2. The lowest BCUT2D eigenvalue weighted by Gasteiger charge is -2.47. The van der Waals surface area contributed by atoms with Gasteiger partial charge in [0.15, 0.2) is 0 Å². The maximum absolute atomic E-state index is 4.42. The first kappa shape index (κ1) is 57.8. The number of thiazole rings is 1. The molecule has 5 nitrogen and oxygen atoms in total. The van der Waals surface area contributed by atoms with Crippen LogP contribution in [0.3, 0.4) is 0 Å². The van der Waals surface area contributed by atoms with Crippen molar-refractivity contribution >= 4 is 27.2 Å². The molecule has 5 heterocycles. The Kier molecular flexibility index (Phi) is 20.6. The quantitative estimate of drug-likeness (QED) is 0.202. The molecule has 0 bridgehead atoms. The lowest BCUT2D eigenvalue weighted by atomic mass is 9.72. The van der Waals surface area contributed by atoms with Crippen LogP contribution in [0.5, 0.6) is 0 Å². The molecule has 1 aromatic heterocycles. The summed E-state index contributed by atoms with van der Waals surface area (Å²) in [4.78, 5) is 14.9. The summed E-state index contributed by atoms with van der Waals surface area (Å²) in [6, 6.07) is 15.1. The van der Waals surface area contributed by atoms with Gasteiger partial charge in [-0.3, -0.25) is 4.90 Å². The van der Waals surface area contributed by atoms with Gasteiger partial charge >= 0.3 is 0 Å². The van der Waals surface area contributed by atoms with E-state index in [1.165, 1.54) is 91.2 Å². The van der Waals surface area contributed by atoms with Gasteiger partial charge in [0.1, 0.15) is 0 Å². The molecule has 3 saturated heterocycles. The van der Waals surface area contributed by atoms with E-state index >= 15 is 0 Å². The molecule has 398 valence electrons. The fraction of sp³-hybridized carbons (Fsp3) is 0.738. The first-order chi connectivity index (χ1) is 33.5. The van der Waals surface area contributed by atoms with E-state index in [-0.39, 0.29) is 0 Å². The average Bonchev–Trinajstić information content (AvgIpc) is 3.85. The minimum absolute atomic E-state index is 0.576. The number of aromatic nitrogens is 1. The van der Waals surface area contributed by atoms with Crippen molar-refractivity contribution in [2.24, 2.45) is 65.1 Å². The van der Waals surface area contributed by atoms with Gasteiger partial charge in [0.2, 0.25) is 0 Å². The molecule has 7 unspecified atom stereocenters. The summed E-state index contributed by atoms with van der Waals surface area (Å²) in [5, 5.41) is 0. The molecule has 3 aromatic rings. The number of benzene rings is 2. The molecule has 71 heavy (non-hydrogen) atoms. The number of hydrogen-bond donors (Lipinski definition) is 0. The molecule has 3 aliphatic carbocycles. The van der Waals surface area contributed by atoms with Crippen molar-refractivity contribution in [3.8, 4) is 0 Å². The van der Waals surface area contributed by atoms with Gasteiger partial charge in [-0.05, 0) is 198 Å². The Hall–Kier alpha value is -2.51. The summed E-state index contributed by atoms with van der Waals surface area (Å²) in [7, 11) is 0. The minimum Gasteiger partial charge on any atom is -0.369 e. The third-order valence-corrected chi connectivity index (χ3v) is 19.1. The van der Waals surface area contributed by atoms with Gasteiger partial charge in [-0.1, -0.05) is 126 Å². The van der Waals surface area contributed by atoms with E-state index in [9.17, 15) is 0 Å². The first-order valence-electron chi connectivity index (χ1n) is 29.4. The van der Waals surface area contributed by atoms with Gasteiger partial charge in [0.05, 0.1) is 15.7 Å². The molecule has 7 atom stereocenters. The number of likely N-dealkylation sites (tertiary alicyclic amines) is 3. The third kappa shape index (κ3) is 14.3. The van der Waals surface area contributed by atoms with E-state index in [4.69, 9.17) is 0 Å². The molecule has 0 N–H and O–H groups in total. The number of fused-ring (bicyclic) bond motifs is 5. The number of rotatable bonds is 10. The van der Waals surface area contributed by atoms with Crippen LogP contribution in [0.4, 0.5) is 5.69 Å². The zero-order valence-electron chi connectivity index (χ0n) is 49.3. The number of aryl methyl sites for hydroxylation is 1. The van der Waals surface area contributed by atoms with Crippen molar-refractivity contribution in [2.45, 2.75) is 206 Å². The summed E-state index contributed by atoms with van der Waals surface area (Å²) in [6.07, 6.45) is 13.2. The third-order valence-electron chi connectivity index (χ3n) is 18.2. The van der Waals surface area contributed by atoms with Gasteiger partial charge in [-0.2, -0.15) is 0 Å². The largest absolute Gasteiger partial charge is 0.369 e. The highest BCUT2D eigenvalue weighted by Gasteiger charge is 2.57. The average molecular weight is 991 g/mol. The monoisotopic (exact) mass is 990 g/mol. The molecule has 2 saturated carbocycles. The standard InChI is InChI=1S/C15H23N.C15H25N.C13H17NS.2C11H21N/c1-11(2)14-8-7-13-6-5-9-16(12(3)4)15(13)10-14;1-11(2)13-9-10-16(12(3)4)15-8-6-5-7-14(13)15;1-8(2)10-5-11(9(3)4)13-12(6-10)14-7-15-13;2*1-7(2)11-9-5-12(8(3)4)6-10(9)11/h7-8,10-12H,5-6,9H2,1-4H3;5-8,11-15H,9-10H2,1-4H3;5-9H,1-4H3;2*7-11H,5-6H2,1-4H3. The summed E-state index contributed by atoms with van der Waals surface area (Å²) in [6.45, 7) is 54.2. The summed E-state index contributed by atoms with van der Waals surface area (Å²) in [5.41, 5.74) is 10.4. The van der Waals surface area contributed by atoms with Gasteiger partial charge in [-0.15, -0.1) is 11.3 Å². The van der Waals surface area contributed by atoms with Crippen LogP contribution in [0.25, 0.3) is 10.2 Å². The molecular formula is C65H107N5S. The van der Waals surface area contributed by atoms with Crippen LogP contribution in [-0.2, 0) is 6.42 Å². The van der Waals surface area contributed by atoms with Crippen LogP contribution in [0.2, 0.25) is 0 Å². The molecular weight excluding hydrogens is 883 g/mol. The van der Waals surface area contributed by atoms with Gasteiger partial charge in [-0.25, -0.2) is 4.98 Å². The molecule has 0 radical (unpaired) electrons. The van der Waals surface area contributed by atoms with Gasteiger partial charge < -0.3 is 14.7 Å². The Morgan fingerprint density at radius 3 is 1.56 bits per heavy atom. The SMILES string of the molecule is CC(C)C1C2CN(C(C)C)CC21.CC(C)C1C2CN(C(C)C)CC21.CC(C)C1CCN(C(C)C)C2C=CC=CC12.CC(C)c1cc(C(C)C)c2scnc2c1.CC(C)c1ccc2c(c1)N(C(C)C)CCC2. The van der Waals surface area contributed by atoms with E-state index in [2.05, 4.69) is 218 Å². The highest BCUT2D eigenvalue weighted by atomic mass is 32.1. The molecule has 4 aliphatic heterocycles. The Morgan fingerprint density at radius 2 is 1.10 bits per heavy atom. The molecule has 6 heteroatoms. The number of hydrogen-bond acceptors (Lipinski definition) is 6. The molecule has 7 aliphatic rings. The van der Waals surface area contributed by atoms with Crippen LogP contribution in [0.15, 0.2) is 60.1 Å². The second-order valence-electron chi connectivity index (χ2n) is 26.3. The Labute approximate surface area is 442 Å². The fourth-order valence-corrected chi connectivity index (χ4v) is 14.6. The van der Waals surface area contributed by atoms with Crippen LogP contribution in [0, 0.1) is 65.1 Å². The maximum atomic E-state index is 4.42. The predicted octanol–water partition coefficient (Wildman–Crippen LogP) is 16.5. The Bertz CT molecular complexity index is 2050. The van der Waals surface area contributed by atoms with Crippen LogP contribution in [0.1, 0.15) is 191 Å². The highest BCUT2D eigenvalue weighted by molar-refractivity contribution is 7.17. The van der Waals surface area contributed by atoms with Crippen molar-refractivity contribution in [2.75, 3.05) is 44.2 Å². The van der Waals surface area contributed by atoms with Gasteiger partial charge in [0, 0.05) is 68.6 Å². The lowest BCUT2D eigenvalue weighted by Crippen LogP contribution is -2.51. The Morgan fingerprint density at radius 1 is 0.549 bits per heavy atom. The number of nitrogens with zero attached hydrogens (tertiary/aromatic N) is 5. The number of piperidine rings is 3. The Balaban J connectivity index is 0.000000146. The summed E-state index contributed by atoms with van der Waals surface area (Å²) in [5.74, 6) is 12.4. The van der Waals surface area contributed by atoms with E-state index < -0.39 is 0 Å². The van der Waals surface area contributed by atoms with E-state index in [0.29, 0.717) is 35.9 Å². The van der Waals surface area contributed by atoms with Gasteiger partial charge in [0.25, 0.3) is 0 Å². The first-order valence-corrected chi connectivity index (χ1v) is 30.2. The van der Waals surface area contributed by atoms with E-state index in [1.54, 1.807) is 11.3 Å². The fourth-order valence-electron chi connectivity index (χ4n) is 13.7. The van der Waals surface area contributed by atoms with Crippen molar-refractivity contribution in [3.63, 3.8) is 0 Å². The van der Waals surface area contributed by atoms with Crippen LogP contribution in [-0.4, -0.2) is 89.2 Å². The summed E-state index contributed by atoms with van der Waals surface area (Å²) < 4.78 is 1.36. The van der Waals surface area contributed by atoms with E-state index in [1.807, 2.05) is 5.51 Å². The number of allylic oxidation sites excluding steroid dienone is 2. The molecule has 2 aromatic carbocycles. The molecule has 0 amide bonds. The lowest BCUT2D eigenvalue weighted by molar-refractivity contribution is 0.0532. The topological polar surface area (TPSA) is 25.9 Å². The molecule has 0 spiro atoms. The van der Waals surface area contributed by atoms with Crippen molar-refractivity contribution in [3.05, 3.63) is 82.4 Å². The van der Waals surface area contributed by atoms with Crippen molar-refractivity contribution in [1.29, 1.82) is 0 Å². The zero-order valence-corrected chi connectivity index (χ0v) is 50.1. The summed E-state index contributed by atoms with van der Waals surface area (Å²) >= 11 is 1.75. The second kappa shape index (κ2) is 25.3. The maximum Gasteiger partial charge on any atom is 0.0817 e. The predicted molar refractivity (Wildman–Crippen MR) is 314 cm³/mol. The van der Waals surface area contributed by atoms with E-state index in [0.717, 1.165) is 82.7 Å². The smallest absolute Gasteiger partial charge is 0.0817 e. The minimum atomic E-state index is 0.576. The normalized spacial score (nSPS) is 27.7. The number of anilines is 1. The molecule has 5 fully saturated rings. The second-order valence-corrected chi connectivity index (χ2v) is 27.2.